The van der Waals surface area contributed by atoms with Crippen molar-refractivity contribution in [2.24, 2.45) is 11.3 Å². The fourth-order valence-corrected chi connectivity index (χ4v) is 6.43. The second-order valence-corrected chi connectivity index (χ2v) is 12.3. The SMILES string of the molecule is CC(=O)c1nn(CC(=O)N2[C@H](C(=O)NC(C)CC3CC3)C[C@@]3(C)C[C@@H]23)c2c(C)cc(-c3cnc(C)nc3)cc12. The number of hydrogen-bond donors (Lipinski definition) is 1. The minimum absolute atomic E-state index is 0.00491. The molecule has 1 unspecified atom stereocenters. The summed E-state index contributed by atoms with van der Waals surface area (Å²) in [7, 11) is 0. The third-order valence-electron chi connectivity index (χ3n) is 8.77. The summed E-state index contributed by atoms with van der Waals surface area (Å²) in [5.74, 6) is 1.05. The Balaban J connectivity index is 1.29. The van der Waals surface area contributed by atoms with Crippen LogP contribution >= 0.6 is 0 Å². The Morgan fingerprint density at radius 2 is 1.82 bits per heavy atom. The van der Waals surface area contributed by atoms with Gasteiger partial charge in [-0.15, -0.1) is 0 Å². The van der Waals surface area contributed by atoms with Crippen molar-refractivity contribution in [3.8, 4) is 11.1 Å². The molecule has 3 heterocycles. The first-order valence-corrected chi connectivity index (χ1v) is 14.0. The molecule has 1 aliphatic heterocycles. The number of carbonyl (C=O) groups is 3. The molecular weight excluding hydrogens is 492 g/mol. The molecule has 3 aliphatic rings. The van der Waals surface area contributed by atoms with Crippen molar-refractivity contribution >= 4 is 28.5 Å². The van der Waals surface area contributed by atoms with Gasteiger partial charge in [-0.25, -0.2) is 9.97 Å². The number of hydrogen-bond acceptors (Lipinski definition) is 6. The van der Waals surface area contributed by atoms with Crippen LogP contribution in [0.25, 0.3) is 22.0 Å². The van der Waals surface area contributed by atoms with E-state index in [-0.39, 0.29) is 41.6 Å². The van der Waals surface area contributed by atoms with E-state index in [1.807, 2.05) is 26.0 Å². The molecule has 0 bridgehead atoms. The summed E-state index contributed by atoms with van der Waals surface area (Å²) < 4.78 is 1.64. The monoisotopic (exact) mass is 528 g/mol. The standard InChI is InChI=1S/C30H36N6O3/c1-16-8-21(22-13-31-19(4)32-14-22)10-23-27(18(3)37)34-35(28(16)23)15-26(38)36-24(11-30(5)12-25(30)36)29(39)33-17(2)9-20-6-7-20/h8,10,13-14,17,20,24-25H,6-7,9,11-12,15H2,1-5H3,(H,33,39)/t17?,24-,25+,30-/m0/s1. The highest BCUT2D eigenvalue weighted by atomic mass is 16.2. The molecule has 2 aliphatic carbocycles. The molecule has 3 aromatic rings. The Kier molecular flexibility index (Phi) is 6.08. The zero-order valence-corrected chi connectivity index (χ0v) is 23.3. The van der Waals surface area contributed by atoms with Crippen molar-refractivity contribution < 1.29 is 14.4 Å². The second-order valence-electron chi connectivity index (χ2n) is 12.3. The van der Waals surface area contributed by atoms with Gasteiger partial charge in [-0.2, -0.15) is 5.10 Å². The summed E-state index contributed by atoms with van der Waals surface area (Å²) in [6.45, 7) is 9.48. The summed E-state index contributed by atoms with van der Waals surface area (Å²) in [6.07, 6.45) is 8.62. The van der Waals surface area contributed by atoms with Crippen LogP contribution in [0.15, 0.2) is 24.5 Å². The van der Waals surface area contributed by atoms with Crippen molar-refractivity contribution in [3.05, 3.63) is 41.6 Å². The van der Waals surface area contributed by atoms with E-state index in [0.29, 0.717) is 23.3 Å². The number of nitrogens with one attached hydrogen (secondary N) is 1. The lowest BCUT2D eigenvalue weighted by atomic mass is 10.0. The number of aryl methyl sites for hydroxylation is 2. The number of ketones is 1. The van der Waals surface area contributed by atoms with E-state index in [0.717, 1.165) is 41.0 Å². The third kappa shape index (κ3) is 4.72. The predicted octanol–water partition coefficient (Wildman–Crippen LogP) is 4.00. The average molecular weight is 529 g/mol. The van der Waals surface area contributed by atoms with Gasteiger partial charge in [0, 0.05) is 42.4 Å². The van der Waals surface area contributed by atoms with Crippen LogP contribution in [0.5, 0.6) is 0 Å². The van der Waals surface area contributed by atoms with Crippen LogP contribution in [-0.4, -0.2) is 60.4 Å². The zero-order valence-electron chi connectivity index (χ0n) is 23.3. The number of Topliss-reactive ketones (excluding diaryl/α,β-unsaturated/α-hetero) is 1. The lowest BCUT2D eigenvalue weighted by Gasteiger charge is -2.28. The Labute approximate surface area is 228 Å². The summed E-state index contributed by atoms with van der Waals surface area (Å²) in [5, 5.41) is 8.49. The number of benzene rings is 1. The Bertz CT molecular complexity index is 1490. The molecule has 9 nitrogen and oxygen atoms in total. The molecule has 204 valence electrons. The zero-order chi connectivity index (χ0) is 27.6. The molecule has 2 saturated carbocycles. The molecule has 1 saturated heterocycles. The van der Waals surface area contributed by atoms with Crippen LogP contribution in [0.2, 0.25) is 0 Å². The maximum atomic E-state index is 13.8. The molecule has 39 heavy (non-hydrogen) atoms. The maximum absolute atomic E-state index is 13.8. The van der Waals surface area contributed by atoms with E-state index in [2.05, 4.69) is 34.2 Å². The molecule has 2 aromatic heterocycles. The molecule has 1 N–H and O–H groups in total. The first-order chi connectivity index (χ1) is 18.5. The first kappa shape index (κ1) is 25.6. The van der Waals surface area contributed by atoms with Gasteiger partial charge in [0.25, 0.3) is 0 Å². The molecule has 0 radical (unpaired) electrons. The molecule has 4 atom stereocenters. The van der Waals surface area contributed by atoms with Gasteiger partial charge < -0.3 is 10.2 Å². The Hall–Kier alpha value is -3.62. The lowest BCUT2D eigenvalue weighted by Crippen LogP contribution is -2.50. The number of piperidine rings is 1. The van der Waals surface area contributed by atoms with Crippen molar-refractivity contribution in [3.63, 3.8) is 0 Å². The Morgan fingerprint density at radius 3 is 2.49 bits per heavy atom. The number of nitrogens with zero attached hydrogens (tertiary/aromatic N) is 5. The highest BCUT2D eigenvalue weighted by Crippen LogP contribution is 2.59. The predicted molar refractivity (Wildman–Crippen MR) is 147 cm³/mol. The van der Waals surface area contributed by atoms with Gasteiger partial charge in [0.2, 0.25) is 11.8 Å². The van der Waals surface area contributed by atoms with Gasteiger partial charge in [0.05, 0.1) is 5.52 Å². The Morgan fingerprint density at radius 1 is 1.10 bits per heavy atom. The number of aromatic nitrogens is 4. The van der Waals surface area contributed by atoms with Crippen LogP contribution < -0.4 is 5.32 Å². The van der Waals surface area contributed by atoms with Crippen LogP contribution in [0.3, 0.4) is 0 Å². The number of amides is 2. The third-order valence-corrected chi connectivity index (χ3v) is 8.77. The topological polar surface area (TPSA) is 110 Å². The molecule has 0 spiro atoms. The molecule has 2 amide bonds. The lowest BCUT2D eigenvalue weighted by molar-refractivity contribution is -0.140. The van der Waals surface area contributed by atoms with Crippen molar-refractivity contribution in [2.45, 2.75) is 91.4 Å². The number of rotatable bonds is 8. The second kappa shape index (κ2) is 9.24. The number of carbonyl (C=O) groups excluding carboxylic acids is 3. The number of likely N-dealkylation sites (tertiary alicyclic amines) is 1. The highest BCUT2D eigenvalue weighted by Gasteiger charge is 2.64. The van der Waals surface area contributed by atoms with Crippen LogP contribution in [0.4, 0.5) is 0 Å². The molecule has 1 aromatic carbocycles. The van der Waals surface area contributed by atoms with Crippen molar-refractivity contribution in [2.75, 3.05) is 0 Å². The van der Waals surface area contributed by atoms with E-state index in [9.17, 15) is 14.4 Å². The van der Waals surface area contributed by atoms with Gasteiger partial charge in [0.15, 0.2) is 5.78 Å². The van der Waals surface area contributed by atoms with E-state index in [4.69, 9.17) is 0 Å². The van der Waals surface area contributed by atoms with Gasteiger partial charge in [-0.05, 0) is 74.6 Å². The molecule has 3 fully saturated rings. The quantitative estimate of drug-likeness (QED) is 0.443. The van der Waals surface area contributed by atoms with E-state index in [1.165, 1.54) is 19.8 Å². The van der Waals surface area contributed by atoms with Crippen molar-refractivity contribution in [1.29, 1.82) is 0 Å². The van der Waals surface area contributed by atoms with Gasteiger partial charge in [0.1, 0.15) is 24.1 Å². The molecular formula is C30H36N6O3. The largest absolute Gasteiger partial charge is 0.352 e. The number of fused-ring (bicyclic) bond motifs is 2. The van der Waals surface area contributed by atoms with Crippen LogP contribution in [0.1, 0.15) is 74.8 Å². The van der Waals surface area contributed by atoms with E-state index in [1.54, 1.807) is 22.0 Å². The van der Waals surface area contributed by atoms with Gasteiger partial charge >= 0.3 is 0 Å². The summed E-state index contributed by atoms with van der Waals surface area (Å²) >= 11 is 0. The van der Waals surface area contributed by atoms with Crippen LogP contribution in [-0.2, 0) is 16.1 Å². The smallest absolute Gasteiger partial charge is 0.245 e. The van der Waals surface area contributed by atoms with Crippen molar-refractivity contribution in [1.82, 2.24) is 30.0 Å². The fourth-order valence-electron chi connectivity index (χ4n) is 6.43. The highest BCUT2D eigenvalue weighted by molar-refractivity contribution is 6.07. The normalized spacial score (nSPS) is 24.5. The van der Waals surface area contributed by atoms with E-state index < -0.39 is 6.04 Å². The summed E-state index contributed by atoms with van der Waals surface area (Å²) in [5.41, 5.74) is 3.71. The summed E-state index contributed by atoms with van der Waals surface area (Å²) in [6, 6.07) is 3.64. The maximum Gasteiger partial charge on any atom is 0.245 e. The van der Waals surface area contributed by atoms with Crippen LogP contribution in [0, 0.1) is 25.2 Å². The minimum atomic E-state index is -0.466. The average Bonchev–Trinajstić information content (AvgIpc) is 3.74. The minimum Gasteiger partial charge on any atom is -0.352 e. The summed E-state index contributed by atoms with van der Waals surface area (Å²) in [4.78, 5) is 50.1. The van der Waals surface area contributed by atoms with E-state index >= 15 is 0 Å². The molecule has 9 heteroatoms. The first-order valence-electron chi connectivity index (χ1n) is 14.0. The van der Waals surface area contributed by atoms with Gasteiger partial charge in [-0.1, -0.05) is 19.8 Å². The fraction of sp³-hybridized carbons (Fsp3) is 0.533. The molecule has 6 rings (SSSR count). The van der Waals surface area contributed by atoms with Gasteiger partial charge in [-0.3, -0.25) is 19.1 Å².